The minimum atomic E-state index is 0. The highest BCUT2D eigenvalue weighted by Crippen LogP contribution is 2.20. The van der Waals surface area contributed by atoms with E-state index in [1.807, 2.05) is 0 Å². The Bertz CT molecular complexity index is 200. The van der Waals surface area contributed by atoms with Gasteiger partial charge in [0.25, 0.3) is 0 Å². The lowest BCUT2D eigenvalue weighted by Crippen LogP contribution is -3.00. The van der Waals surface area contributed by atoms with E-state index in [4.69, 9.17) is 0 Å². The first-order chi connectivity index (χ1) is 9.33. The average molecular weight is 304 g/mol. The average Bonchev–Trinajstić information content (AvgIpc) is 2.90. The van der Waals surface area contributed by atoms with Gasteiger partial charge in [-0.3, -0.25) is 0 Å². The van der Waals surface area contributed by atoms with E-state index < -0.39 is 0 Å². The maximum atomic E-state index is 2.39. The number of nitrogens with zero attached hydrogens (tertiary/aromatic N) is 1. The molecule has 1 nitrogen and oxygen atoms in total. The van der Waals surface area contributed by atoms with Gasteiger partial charge in [-0.05, 0) is 19.8 Å². The van der Waals surface area contributed by atoms with Crippen molar-refractivity contribution in [2.75, 3.05) is 26.2 Å². The van der Waals surface area contributed by atoms with Crippen LogP contribution >= 0.6 is 0 Å². The highest BCUT2D eigenvalue weighted by Gasteiger charge is 2.28. The Morgan fingerprint density at radius 3 is 1.55 bits per heavy atom. The number of quaternary nitrogens is 1. The van der Waals surface area contributed by atoms with Gasteiger partial charge in [0, 0.05) is 12.8 Å². The number of likely N-dealkylation sites (tertiary alicyclic amines) is 1. The second-order valence-corrected chi connectivity index (χ2v) is 6.72. The lowest BCUT2D eigenvalue weighted by molar-refractivity contribution is -0.915. The SMILES string of the molecule is CCCCCCCCCCCC[N+]1(CC)CCCC1.[Cl-]. The molecule has 0 aliphatic carbocycles. The molecule has 2 heteroatoms. The number of hydrogen-bond acceptors (Lipinski definition) is 0. The molecular weight excluding hydrogens is 266 g/mol. The molecule has 1 rings (SSSR count). The number of halogens is 1. The number of hydrogen-bond donors (Lipinski definition) is 0. The summed E-state index contributed by atoms with van der Waals surface area (Å²) in [5, 5.41) is 0. The fourth-order valence-corrected chi connectivity index (χ4v) is 3.64. The molecule has 0 saturated carbocycles. The third-order valence-electron chi connectivity index (χ3n) is 5.17. The quantitative estimate of drug-likeness (QED) is 0.384. The zero-order valence-electron chi connectivity index (χ0n) is 14.1. The molecule has 1 aliphatic heterocycles. The molecule has 0 aromatic rings. The van der Waals surface area contributed by atoms with Crippen molar-refractivity contribution in [1.82, 2.24) is 0 Å². The van der Waals surface area contributed by atoms with Crippen LogP contribution in [0.5, 0.6) is 0 Å². The summed E-state index contributed by atoms with van der Waals surface area (Å²) in [7, 11) is 0. The first kappa shape index (κ1) is 20.2. The standard InChI is InChI=1S/C18H38N.ClH/c1-3-5-6-7-8-9-10-11-12-13-16-19(4-2)17-14-15-18-19;/h3-18H2,1-2H3;1H/q+1;/p-1. The molecule has 0 bridgehead atoms. The van der Waals surface area contributed by atoms with Crippen molar-refractivity contribution in [2.24, 2.45) is 0 Å². The summed E-state index contributed by atoms with van der Waals surface area (Å²) in [5.41, 5.74) is 0. The van der Waals surface area contributed by atoms with Crippen molar-refractivity contribution in [3.8, 4) is 0 Å². The molecule has 0 N–H and O–H groups in total. The summed E-state index contributed by atoms with van der Waals surface area (Å²) >= 11 is 0. The minimum absolute atomic E-state index is 0. The zero-order valence-corrected chi connectivity index (χ0v) is 14.9. The van der Waals surface area contributed by atoms with Crippen molar-refractivity contribution in [3.63, 3.8) is 0 Å². The summed E-state index contributed by atoms with van der Waals surface area (Å²) in [6.07, 6.45) is 17.6. The first-order valence-corrected chi connectivity index (χ1v) is 9.18. The van der Waals surface area contributed by atoms with Gasteiger partial charge >= 0.3 is 0 Å². The molecule has 0 amide bonds. The van der Waals surface area contributed by atoms with Crippen molar-refractivity contribution < 1.29 is 16.9 Å². The van der Waals surface area contributed by atoms with Gasteiger partial charge in [0.2, 0.25) is 0 Å². The molecule has 0 aromatic heterocycles. The van der Waals surface area contributed by atoms with Gasteiger partial charge < -0.3 is 16.9 Å². The van der Waals surface area contributed by atoms with Crippen LogP contribution in [0.15, 0.2) is 0 Å². The Hall–Kier alpha value is 0.250. The Morgan fingerprint density at radius 2 is 1.10 bits per heavy atom. The third kappa shape index (κ3) is 8.52. The van der Waals surface area contributed by atoms with E-state index in [9.17, 15) is 0 Å². The van der Waals surface area contributed by atoms with E-state index in [0.29, 0.717) is 0 Å². The van der Waals surface area contributed by atoms with Crippen LogP contribution in [0.4, 0.5) is 0 Å². The van der Waals surface area contributed by atoms with Crippen molar-refractivity contribution in [2.45, 2.75) is 90.9 Å². The van der Waals surface area contributed by atoms with Crippen LogP contribution in [0.1, 0.15) is 90.9 Å². The highest BCUT2D eigenvalue weighted by atomic mass is 35.5. The number of unbranched alkanes of at least 4 members (excludes halogenated alkanes) is 9. The maximum absolute atomic E-state index is 2.39. The van der Waals surface area contributed by atoms with E-state index in [0.717, 1.165) is 0 Å². The molecule has 1 heterocycles. The van der Waals surface area contributed by atoms with Crippen LogP contribution in [0.2, 0.25) is 0 Å². The normalized spacial score (nSPS) is 17.1. The Kier molecular flexibility index (Phi) is 13.1. The largest absolute Gasteiger partial charge is 1.00 e. The molecular formula is C18H38ClN. The second kappa shape index (κ2) is 13.0. The van der Waals surface area contributed by atoms with Gasteiger partial charge in [0.1, 0.15) is 0 Å². The molecule has 1 saturated heterocycles. The third-order valence-corrected chi connectivity index (χ3v) is 5.17. The van der Waals surface area contributed by atoms with E-state index in [2.05, 4.69) is 13.8 Å². The van der Waals surface area contributed by atoms with Crippen LogP contribution < -0.4 is 12.4 Å². The monoisotopic (exact) mass is 303 g/mol. The Morgan fingerprint density at radius 1 is 0.650 bits per heavy atom. The molecule has 0 atom stereocenters. The molecule has 0 spiro atoms. The van der Waals surface area contributed by atoms with Gasteiger partial charge in [0.15, 0.2) is 0 Å². The highest BCUT2D eigenvalue weighted by molar-refractivity contribution is 4.55. The van der Waals surface area contributed by atoms with Crippen LogP contribution in [-0.2, 0) is 0 Å². The van der Waals surface area contributed by atoms with Crippen molar-refractivity contribution in [3.05, 3.63) is 0 Å². The zero-order chi connectivity index (χ0) is 13.8. The predicted octanol–water partition coefficient (Wildman–Crippen LogP) is 2.54. The predicted molar refractivity (Wildman–Crippen MR) is 86.5 cm³/mol. The number of rotatable bonds is 12. The molecule has 1 fully saturated rings. The van der Waals surface area contributed by atoms with Gasteiger partial charge in [-0.2, -0.15) is 0 Å². The van der Waals surface area contributed by atoms with Gasteiger partial charge in [0.05, 0.1) is 26.2 Å². The fraction of sp³-hybridized carbons (Fsp3) is 1.00. The molecule has 122 valence electrons. The lowest BCUT2D eigenvalue weighted by Gasteiger charge is -2.33. The van der Waals surface area contributed by atoms with Gasteiger partial charge in [-0.1, -0.05) is 58.3 Å². The second-order valence-electron chi connectivity index (χ2n) is 6.72. The summed E-state index contributed by atoms with van der Waals surface area (Å²) < 4.78 is 1.44. The van der Waals surface area contributed by atoms with Crippen LogP contribution in [0.3, 0.4) is 0 Å². The smallest absolute Gasteiger partial charge is 0.0788 e. The van der Waals surface area contributed by atoms with Crippen molar-refractivity contribution >= 4 is 0 Å². The molecule has 0 radical (unpaired) electrons. The van der Waals surface area contributed by atoms with Crippen molar-refractivity contribution in [1.29, 1.82) is 0 Å². The summed E-state index contributed by atoms with van der Waals surface area (Å²) in [6.45, 7) is 10.5. The van der Waals surface area contributed by atoms with E-state index in [1.165, 1.54) is 108 Å². The summed E-state index contributed by atoms with van der Waals surface area (Å²) in [4.78, 5) is 0. The fourth-order valence-electron chi connectivity index (χ4n) is 3.64. The molecule has 0 unspecified atom stereocenters. The summed E-state index contributed by atoms with van der Waals surface area (Å²) in [6, 6.07) is 0. The minimum Gasteiger partial charge on any atom is -1.00 e. The molecule has 20 heavy (non-hydrogen) atoms. The Balaban J connectivity index is 0.00000361. The van der Waals surface area contributed by atoms with E-state index in [-0.39, 0.29) is 12.4 Å². The van der Waals surface area contributed by atoms with Gasteiger partial charge in [-0.15, -0.1) is 0 Å². The first-order valence-electron chi connectivity index (χ1n) is 9.18. The topological polar surface area (TPSA) is 0 Å². The summed E-state index contributed by atoms with van der Waals surface area (Å²) in [5.74, 6) is 0. The maximum Gasteiger partial charge on any atom is 0.0788 e. The van der Waals surface area contributed by atoms with Gasteiger partial charge in [-0.25, -0.2) is 0 Å². The Labute approximate surface area is 134 Å². The van der Waals surface area contributed by atoms with Crippen LogP contribution in [0, 0.1) is 0 Å². The molecule has 0 aromatic carbocycles. The lowest BCUT2D eigenvalue weighted by atomic mass is 10.1. The molecule has 1 aliphatic rings. The van der Waals surface area contributed by atoms with Crippen LogP contribution in [0.25, 0.3) is 0 Å². The van der Waals surface area contributed by atoms with E-state index in [1.54, 1.807) is 0 Å². The van der Waals surface area contributed by atoms with E-state index >= 15 is 0 Å². The van der Waals surface area contributed by atoms with Crippen LogP contribution in [-0.4, -0.2) is 30.7 Å².